The minimum Gasteiger partial charge on any atom is -0.0624 e. The lowest BCUT2D eigenvalue weighted by molar-refractivity contribution is 0.590. The van der Waals surface area contributed by atoms with Gasteiger partial charge in [-0.15, -0.1) is 0 Å². The van der Waals surface area contributed by atoms with Gasteiger partial charge in [0.15, 0.2) is 8.80 Å². The molecule has 0 aromatic heterocycles. The predicted octanol–water partition coefficient (Wildman–Crippen LogP) is 6.46. The van der Waals surface area contributed by atoms with Crippen LogP contribution in [0.15, 0.2) is 103 Å². The number of rotatable bonds is 4. The molecule has 0 fully saturated rings. The normalized spacial score (nSPS) is 12.2. The molecule has 0 aliphatic rings. The molecule has 4 aromatic carbocycles. The SMILES string of the molecule is CC(C)(C)c1ccc(-c2ccc(C(C)(C)C)cc2[Si](c2ccccc2)c2ccccc2)cc1. The highest BCUT2D eigenvalue weighted by Crippen LogP contribution is 2.28. The third-order valence-electron chi connectivity index (χ3n) is 6.34. The van der Waals surface area contributed by atoms with Crippen LogP contribution in [0.2, 0.25) is 0 Å². The molecule has 4 aromatic rings. The molecule has 4 rings (SSSR count). The highest BCUT2D eigenvalue weighted by molar-refractivity contribution is 6.96. The van der Waals surface area contributed by atoms with Crippen molar-refractivity contribution in [1.82, 2.24) is 0 Å². The molecule has 1 radical (unpaired) electrons. The molecule has 0 unspecified atom stereocenters. The largest absolute Gasteiger partial charge is 0.155 e. The van der Waals surface area contributed by atoms with Crippen LogP contribution in [0.3, 0.4) is 0 Å². The second kappa shape index (κ2) is 9.15. The van der Waals surface area contributed by atoms with Crippen molar-refractivity contribution in [3.8, 4) is 11.1 Å². The van der Waals surface area contributed by atoms with Crippen LogP contribution in [0, 0.1) is 0 Å². The summed E-state index contributed by atoms with van der Waals surface area (Å²) in [5.41, 5.74) is 5.67. The van der Waals surface area contributed by atoms with Gasteiger partial charge in [0.1, 0.15) is 0 Å². The van der Waals surface area contributed by atoms with E-state index >= 15 is 0 Å². The Hall–Kier alpha value is -2.90. The van der Waals surface area contributed by atoms with E-state index in [1.54, 1.807) is 0 Å². The lowest BCUT2D eigenvalue weighted by Gasteiger charge is -2.26. The van der Waals surface area contributed by atoms with E-state index in [1.807, 2.05) is 0 Å². The third-order valence-corrected chi connectivity index (χ3v) is 9.12. The van der Waals surface area contributed by atoms with Crippen LogP contribution in [0.4, 0.5) is 0 Å². The molecule has 0 nitrogen and oxygen atoms in total. The van der Waals surface area contributed by atoms with Crippen molar-refractivity contribution < 1.29 is 0 Å². The van der Waals surface area contributed by atoms with Gasteiger partial charge in [-0.25, -0.2) is 0 Å². The first-order valence-electron chi connectivity index (χ1n) is 11.9. The van der Waals surface area contributed by atoms with E-state index in [0.29, 0.717) is 0 Å². The van der Waals surface area contributed by atoms with Gasteiger partial charge < -0.3 is 0 Å². The Kier molecular flexibility index (Phi) is 6.45. The van der Waals surface area contributed by atoms with Crippen molar-refractivity contribution in [3.63, 3.8) is 0 Å². The number of hydrogen-bond donors (Lipinski definition) is 0. The molecule has 0 saturated heterocycles. The summed E-state index contributed by atoms with van der Waals surface area (Å²) in [6.07, 6.45) is 0. The summed E-state index contributed by atoms with van der Waals surface area (Å²) < 4.78 is 0. The van der Waals surface area contributed by atoms with Gasteiger partial charge in [-0.2, -0.15) is 0 Å². The fraction of sp³-hybridized carbons (Fsp3) is 0.250. The van der Waals surface area contributed by atoms with E-state index in [2.05, 4.69) is 145 Å². The van der Waals surface area contributed by atoms with Gasteiger partial charge in [-0.05, 0) is 38.3 Å². The highest BCUT2D eigenvalue weighted by atomic mass is 28.3. The van der Waals surface area contributed by atoms with E-state index in [1.165, 1.54) is 37.8 Å². The van der Waals surface area contributed by atoms with Crippen molar-refractivity contribution in [1.29, 1.82) is 0 Å². The van der Waals surface area contributed by atoms with E-state index in [9.17, 15) is 0 Å². The second-order valence-electron chi connectivity index (χ2n) is 10.9. The summed E-state index contributed by atoms with van der Waals surface area (Å²) in [4.78, 5) is 0. The summed E-state index contributed by atoms with van der Waals surface area (Å²) in [6, 6.07) is 38.5. The lowest BCUT2D eigenvalue weighted by Crippen LogP contribution is -2.52. The average molecular weight is 448 g/mol. The summed E-state index contributed by atoms with van der Waals surface area (Å²) in [5.74, 6) is 0. The average Bonchev–Trinajstić information content (AvgIpc) is 2.80. The molecule has 0 spiro atoms. The fourth-order valence-electron chi connectivity index (χ4n) is 4.31. The first kappa shape index (κ1) is 23.3. The fourth-order valence-corrected chi connectivity index (χ4v) is 7.11. The van der Waals surface area contributed by atoms with Crippen LogP contribution >= 0.6 is 0 Å². The monoisotopic (exact) mass is 447 g/mol. The van der Waals surface area contributed by atoms with Crippen molar-refractivity contribution >= 4 is 24.4 Å². The van der Waals surface area contributed by atoms with Gasteiger partial charge in [0.25, 0.3) is 0 Å². The minimum absolute atomic E-state index is 0.101. The van der Waals surface area contributed by atoms with Gasteiger partial charge in [0.05, 0.1) is 0 Å². The Balaban J connectivity index is 1.96. The Morgan fingerprint density at radius 3 is 1.39 bits per heavy atom. The molecule has 0 atom stereocenters. The van der Waals surface area contributed by atoms with Crippen LogP contribution < -0.4 is 15.6 Å². The zero-order valence-corrected chi connectivity index (χ0v) is 21.8. The highest BCUT2D eigenvalue weighted by Gasteiger charge is 2.25. The van der Waals surface area contributed by atoms with E-state index in [-0.39, 0.29) is 10.8 Å². The zero-order chi connectivity index (χ0) is 23.6. The smallest absolute Gasteiger partial charge is 0.0624 e. The summed E-state index contributed by atoms with van der Waals surface area (Å²) >= 11 is 0. The topological polar surface area (TPSA) is 0 Å². The van der Waals surface area contributed by atoms with Crippen LogP contribution in [-0.2, 0) is 10.8 Å². The first-order valence-corrected chi connectivity index (χ1v) is 13.4. The molecule has 0 aliphatic heterocycles. The Labute approximate surface area is 201 Å². The summed E-state index contributed by atoms with van der Waals surface area (Å²) in [7, 11) is -1.17. The molecule has 167 valence electrons. The van der Waals surface area contributed by atoms with Gasteiger partial charge >= 0.3 is 0 Å². The van der Waals surface area contributed by atoms with E-state index < -0.39 is 8.80 Å². The van der Waals surface area contributed by atoms with Gasteiger partial charge in [-0.3, -0.25) is 0 Å². The molecule has 0 heterocycles. The minimum atomic E-state index is -1.17. The van der Waals surface area contributed by atoms with Crippen LogP contribution in [0.25, 0.3) is 11.1 Å². The second-order valence-corrected chi connectivity index (χ2v) is 13.4. The maximum Gasteiger partial charge on any atom is 0.155 e. The van der Waals surface area contributed by atoms with E-state index in [0.717, 1.165) is 0 Å². The van der Waals surface area contributed by atoms with Gasteiger partial charge in [0.2, 0.25) is 0 Å². The third kappa shape index (κ3) is 5.20. The Bertz CT molecular complexity index is 1150. The Morgan fingerprint density at radius 1 is 0.485 bits per heavy atom. The zero-order valence-electron chi connectivity index (χ0n) is 20.8. The van der Waals surface area contributed by atoms with Crippen molar-refractivity contribution in [2.24, 2.45) is 0 Å². The van der Waals surface area contributed by atoms with Crippen molar-refractivity contribution in [2.45, 2.75) is 52.4 Å². The number of hydrogen-bond acceptors (Lipinski definition) is 0. The van der Waals surface area contributed by atoms with E-state index in [4.69, 9.17) is 0 Å². The molecular formula is C32H35Si. The van der Waals surface area contributed by atoms with Gasteiger partial charge in [0, 0.05) is 0 Å². The molecule has 33 heavy (non-hydrogen) atoms. The van der Waals surface area contributed by atoms with Crippen LogP contribution in [0.5, 0.6) is 0 Å². The molecule has 0 N–H and O–H groups in total. The first-order chi connectivity index (χ1) is 15.6. The molecular weight excluding hydrogens is 412 g/mol. The summed E-state index contributed by atoms with van der Waals surface area (Å²) in [5, 5.41) is 4.31. The maximum atomic E-state index is 2.49. The quantitative estimate of drug-likeness (QED) is 0.249. The predicted molar refractivity (Wildman–Crippen MR) is 147 cm³/mol. The van der Waals surface area contributed by atoms with Crippen LogP contribution in [0.1, 0.15) is 52.7 Å². The molecule has 0 amide bonds. The maximum absolute atomic E-state index is 2.49. The van der Waals surface area contributed by atoms with Crippen molar-refractivity contribution in [3.05, 3.63) is 114 Å². The number of benzene rings is 4. The Morgan fingerprint density at radius 2 is 0.939 bits per heavy atom. The molecule has 1 heteroatoms. The van der Waals surface area contributed by atoms with Gasteiger partial charge in [-0.1, -0.05) is 155 Å². The molecule has 0 aliphatic carbocycles. The van der Waals surface area contributed by atoms with Crippen LogP contribution in [-0.4, -0.2) is 8.80 Å². The standard InChI is InChI=1S/C32H35Si/c1-31(2,3)25-19-17-24(18-20-25)29-22-21-26(32(4,5)6)23-30(29)33(27-13-9-7-10-14-27)28-15-11-8-12-16-28/h7-23H,1-6H3. The lowest BCUT2D eigenvalue weighted by atomic mass is 9.85. The molecule has 0 bridgehead atoms. The van der Waals surface area contributed by atoms with Crippen molar-refractivity contribution in [2.75, 3.05) is 0 Å². The summed E-state index contributed by atoms with van der Waals surface area (Å²) in [6.45, 7) is 13.7. The molecule has 0 saturated carbocycles.